The highest BCUT2D eigenvalue weighted by Gasteiger charge is 2.35. The number of carbonyl (C=O) groups is 3. The monoisotopic (exact) mass is 412 g/mol. The molecule has 1 heterocycles. The van der Waals surface area contributed by atoms with Gasteiger partial charge in [-0.05, 0) is 47.5 Å². The Morgan fingerprint density at radius 1 is 0.968 bits per heavy atom. The van der Waals surface area contributed by atoms with E-state index in [-0.39, 0.29) is 11.8 Å². The van der Waals surface area contributed by atoms with Crippen molar-refractivity contribution in [3.63, 3.8) is 0 Å². The molecule has 0 spiro atoms. The van der Waals surface area contributed by atoms with E-state index in [1.807, 2.05) is 30.3 Å². The summed E-state index contributed by atoms with van der Waals surface area (Å²) in [5.41, 5.74) is 9.67. The lowest BCUT2D eigenvalue weighted by Crippen LogP contribution is -2.21. The lowest BCUT2D eigenvalue weighted by molar-refractivity contribution is -0.116. The van der Waals surface area contributed by atoms with Crippen molar-refractivity contribution in [2.24, 2.45) is 10.7 Å². The van der Waals surface area contributed by atoms with Gasteiger partial charge < -0.3 is 16.4 Å². The van der Waals surface area contributed by atoms with Crippen LogP contribution in [0.25, 0.3) is 0 Å². The van der Waals surface area contributed by atoms with E-state index in [1.165, 1.54) is 6.92 Å². The molecule has 4 rings (SSSR count). The maximum absolute atomic E-state index is 12.9. The first kappa shape index (κ1) is 20.0. The van der Waals surface area contributed by atoms with Gasteiger partial charge in [0.1, 0.15) is 5.92 Å². The Hall–Kier alpha value is -4.26. The predicted octanol–water partition coefficient (Wildman–Crippen LogP) is 3.60. The van der Waals surface area contributed by atoms with Crippen LogP contribution in [0.2, 0.25) is 0 Å². The van der Waals surface area contributed by atoms with E-state index >= 15 is 0 Å². The molecule has 1 atom stereocenters. The van der Waals surface area contributed by atoms with Crippen molar-refractivity contribution in [1.82, 2.24) is 0 Å². The average molecular weight is 412 g/mol. The fourth-order valence-corrected chi connectivity index (χ4v) is 3.55. The van der Waals surface area contributed by atoms with Gasteiger partial charge in [0.05, 0.1) is 11.4 Å². The van der Waals surface area contributed by atoms with Gasteiger partial charge in [0.15, 0.2) is 0 Å². The molecule has 0 aromatic heterocycles. The van der Waals surface area contributed by atoms with Crippen LogP contribution in [0.5, 0.6) is 0 Å². The van der Waals surface area contributed by atoms with Crippen LogP contribution >= 0.6 is 0 Å². The van der Waals surface area contributed by atoms with E-state index in [9.17, 15) is 14.4 Å². The summed E-state index contributed by atoms with van der Waals surface area (Å²) in [7, 11) is 0. The van der Waals surface area contributed by atoms with Gasteiger partial charge in [0.2, 0.25) is 17.7 Å². The summed E-state index contributed by atoms with van der Waals surface area (Å²) in [6, 6.07) is 21.4. The highest BCUT2D eigenvalue weighted by molar-refractivity contribution is 6.24. The number of aliphatic imine (C=N–C) groups is 1. The van der Waals surface area contributed by atoms with Gasteiger partial charge in [-0.25, -0.2) is 0 Å². The summed E-state index contributed by atoms with van der Waals surface area (Å²) in [5, 5.41) is 5.55. The first-order chi connectivity index (χ1) is 14.9. The van der Waals surface area contributed by atoms with Crippen molar-refractivity contribution < 1.29 is 14.4 Å². The highest BCUT2D eigenvalue weighted by atomic mass is 16.2. The van der Waals surface area contributed by atoms with Crippen molar-refractivity contribution in [1.29, 1.82) is 0 Å². The van der Waals surface area contributed by atoms with E-state index in [4.69, 9.17) is 10.7 Å². The van der Waals surface area contributed by atoms with Crippen molar-refractivity contribution in [3.8, 4) is 0 Å². The van der Waals surface area contributed by atoms with Crippen LogP contribution < -0.4 is 16.4 Å². The van der Waals surface area contributed by atoms with Gasteiger partial charge in [-0.15, -0.1) is 0 Å². The Morgan fingerprint density at radius 3 is 2.32 bits per heavy atom. The van der Waals surface area contributed by atoms with Gasteiger partial charge in [-0.2, -0.15) is 0 Å². The molecule has 3 amide bonds. The number of carbonyl (C=O) groups excluding carboxylic acids is 3. The molecule has 0 fully saturated rings. The van der Waals surface area contributed by atoms with E-state index in [0.29, 0.717) is 28.3 Å². The van der Waals surface area contributed by atoms with E-state index in [0.717, 1.165) is 11.1 Å². The van der Waals surface area contributed by atoms with E-state index in [1.54, 1.807) is 42.5 Å². The Morgan fingerprint density at radius 2 is 1.68 bits per heavy atom. The molecule has 1 unspecified atom stereocenters. The molecule has 7 nitrogen and oxygen atoms in total. The third kappa shape index (κ3) is 4.20. The number of nitrogens with one attached hydrogen (secondary N) is 2. The number of nitrogens with zero attached hydrogens (tertiary/aromatic N) is 1. The SMILES string of the molecule is CC(=O)Nc1ccc(N=C(c2ccccc2)C2C(=O)Nc3cc(C(N)=O)ccc32)cc1. The fraction of sp³-hybridized carbons (Fsp3) is 0.0833. The fourth-order valence-electron chi connectivity index (χ4n) is 3.55. The lowest BCUT2D eigenvalue weighted by atomic mass is 9.90. The van der Waals surface area contributed by atoms with E-state index in [2.05, 4.69) is 10.6 Å². The number of primary amides is 1. The van der Waals surface area contributed by atoms with Crippen molar-refractivity contribution in [2.75, 3.05) is 10.6 Å². The summed E-state index contributed by atoms with van der Waals surface area (Å²) in [5.74, 6) is -1.59. The molecule has 0 aliphatic carbocycles. The highest BCUT2D eigenvalue weighted by Crippen LogP contribution is 2.37. The molecule has 31 heavy (non-hydrogen) atoms. The molecular weight excluding hydrogens is 392 g/mol. The second-order valence-electron chi connectivity index (χ2n) is 7.18. The molecule has 154 valence electrons. The second kappa shape index (κ2) is 8.23. The molecular formula is C24H20N4O3. The van der Waals surface area contributed by atoms with Gasteiger partial charge >= 0.3 is 0 Å². The number of benzene rings is 3. The van der Waals surface area contributed by atoms with Crippen LogP contribution in [-0.4, -0.2) is 23.4 Å². The van der Waals surface area contributed by atoms with Crippen LogP contribution in [0.15, 0.2) is 77.8 Å². The molecule has 3 aromatic rings. The summed E-state index contributed by atoms with van der Waals surface area (Å²) in [6.07, 6.45) is 0. The summed E-state index contributed by atoms with van der Waals surface area (Å²) < 4.78 is 0. The van der Waals surface area contributed by atoms with Crippen molar-refractivity contribution in [3.05, 3.63) is 89.5 Å². The first-order valence-corrected chi connectivity index (χ1v) is 9.68. The van der Waals surface area contributed by atoms with E-state index < -0.39 is 11.8 Å². The van der Waals surface area contributed by atoms with Gasteiger partial charge in [-0.3, -0.25) is 19.4 Å². The molecule has 0 saturated carbocycles. The normalized spacial score (nSPS) is 15.2. The average Bonchev–Trinajstić information content (AvgIpc) is 3.08. The Kier molecular flexibility index (Phi) is 5.32. The molecule has 1 aliphatic heterocycles. The molecule has 0 bridgehead atoms. The molecule has 4 N–H and O–H groups in total. The summed E-state index contributed by atoms with van der Waals surface area (Å²) in [4.78, 5) is 40.5. The van der Waals surface area contributed by atoms with Gasteiger partial charge in [0.25, 0.3) is 0 Å². The van der Waals surface area contributed by atoms with Crippen molar-refractivity contribution in [2.45, 2.75) is 12.8 Å². The minimum Gasteiger partial charge on any atom is -0.366 e. The molecule has 1 aliphatic rings. The van der Waals surface area contributed by atoms with Gasteiger partial charge in [0, 0.05) is 23.9 Å². The molecule has 0 saturated heterocycles. The number of amides is 3. The maximum atomic E-state index is 12.9. The van der Waals surface area contributed by atoms with Crippen LogP contribution in [0, 0.1) is 0 Å². The molecule has 3 aromatic carbocycles. The largest absolute Gasteiger partial charge is 0.366 e. The molecule has 0 radical (unpaired) electrons. The maximum Gasteiger partial charge on any atom is 0.248 e. The Bertz CT molecular complexity index is 1200. The quantitative estimate of drug-likeness (QED) is 0.556. The van der Waals surface area contributed by atoms with Crippen LogP contribution in [0.1, 0.15) is 34.3 Å². The Labute approximate surface area is 179 Å². The standard InChI is InChI=1S/C24H20N4O3/c1-14(29)26-17-8-10-18(11-9-17)27-22(15-5-3-2-4-6-15)21-19-12-7-16(23(25)30)13-20(19)28-24(21)31/h2-13,21H,1H3,(H2,25,30)(H,26,29)(H,28,31). The first-order valence-electron chi connectivity index (χ1n) is 9.68. The van der Waals surface area contributed by atoms with Crippen molar-refractivity contribution >= 4 is 40.5 Å². The number of anilines is 2. The van der Waals surface area contributed by atoms with Gasteiger partial charge in [-0.1, -0.05) is 36.4 Å². The zero-order valence-electron chi connectivity index (χ0n) is 16.8. The third-order valence-corrected chi connectivity index (χ3v) is 4.95. The smallest absolute Gasteiger partial charge is 0.248 e. The number of rotatable bonds is 5. The summed E-state index contributed by atoms with van der Waals surface area (Å²) >= 11 is 0. The zero-order chi connectivity index (χ0) is 22.0. The van der Waals surface area contributed by atoms with Crippen LogP contribution in [-0.2, 0) is 9.59 Å². The third-order valence-electron chi connectivity index (χ3n) is 4.95. The zero-order valence-corrected chi connectivity index (χ0v) is 16.8. The molecule has 7 heteroatoms. The second-order valence-corrected chi connectivity index (χ2v) is 7.18. The number of hydrogen-bond donors (Lipinski definition) is 3. The number of nitrogens with two attached hydrogens (primary N) is 1. The number of fused-ring (bicyclic) bond motifs is 1. The minimum absolute atomic E-state index is 0.157. The lowest BCUT2D eigenvalue weighted by Gasteiger charge is -2.14. The number of hydrogen-bond acceptors (Lipinski definition) is 4. The Balaban J connectivity index is 1.79. The minimum atomic E-state index is -0.644. The summed E-state index contributed by atoms with van der Waals surface area (Å²) in [6.45, 7) is 1.44. The van der Waals surface area contributed by atoms with Crippen LogP contribution in [0.3, 0.4) is 0 Å². The topological polar surface area (TPSA) is 114 Å². The predicted molar refractivity (Wildman–Crippen MR) is 120 cm³/mol. The van der Waals surface area contributed by atoms with Crippen LogP contribution in [0.4, 0.5) is 17.1 Å².